The second kappa shape index (κ2) is 12.2. The van der Waals surface area contributed by atoms with E-state index in [2.05, 4.69) is 0 Å². The van der Waals surface area contributed by atoms with Crippen molar-refractivity contribution in [3.05, 3.63) is 33.9 Å². The number of hydrogen-bond acceptors (Lipinski definition) is 7. The van der Waals surface area contributed by atoms with E-state index in [1.165, 1.54) is 38.5 Å². The first kappa shape index (κ1) is 24.6. The van der Waals surface area contributed by atoms with Gasteiger partial charge in [-0.25, -0.2) is 0 Å². The van der Waals surface area contributed by atoms with Crippen LogP contribution in [0.4, 0.5) is 5.69 Å². The van der Waals surface area contributed by atoms with Gasteiger partial charge in [0.1, 0.15) is 12.4 Å². The van der Waals surface area contributed by atoms with Gasteiger partial charge < -0.3 is 19.5 Å². The van der Waals surface area contributed by atoms with Crippen LogP contribution in [-0.4, -0.2) is 52.6 Å². The van der Waals surface area contributed by atoms with Crippen molar-refractivity contribution < 1.29 is 29.1 Å². The first-order chi connectivity index (χ1) is 14.8. The van der Waals surface area contributed by atoms with Crippen LogP contribution in [0.2, 0.25) is 0 Å². The Kier molecular flexibility index (Phi) is 9.71. The Hall–Kier alpha value is -2.68. The van der Waals surface area contributed by atoms with Gasteiger partial charge in [0.25, 0.3) is 5.69 Å². The summed E-state index contributed by atoms with van der Waals surface area (Å²) in [5, 5.41) is 20.8. The molecular formula is C22H32N2O7. The van der Waals surface area contributed by atoms with Crippen LogP contribution in [0.3, 0.4) is 0 Å². The number of hydrogen-bond donors (Lipinski definition) is 1. The second-order valence-corrected chi connectivity index (χ2v) is 7.82. The number of esters is 1. The van der Waals surface area contributed by atoms with Gasteiger partial charge in [-0.3, -0.25) is 19.7 Å². The molecule has 0 radical (unpaired) electrons. The monoisotopic (exact) mass is 436 g/mol. The van der Waals surface area contributed by atoms with E-state index in [1.807, 2.05) is 4.90 Å². The van der Waals surface area contributed by atoms with Crippen LogP contribution in [0.15, 0.2) is 18.2 Å². The van der Waals surface area contributed by atoms with Crippen molar-refractivity contribution in [2.24, 2.45) is 0 Å². The van der Waals surface area contributed by atoms with E-state index in [4.69, 9.17) is 9.47 Å². The number of ether oxygens (including phenoxy) is 2. The third-order valence-electron chi connectivity index (χ3n) is 5.42. The first-order valence-electron chi connectivity index (χ1n) is 10.8. The predicted molar refractivity (Wildman–Crippen MR) is 114 cm³/mol. The Labute approximate surface area is 182 Å². The van der Waals surface area contributed by atoms with Gasteiger partial charge in [-0.1, -0.05) is 19.3 Å². The van der Waals surface area contributed by atoms with Gasteiger partial charge in [0, 0.05) is 25.5 Å². The molecular weight excluding hydrogens is 404 g/mol. The quantitative estimate of drug-likeness (QED) is 0.244. The Morgan fingerprint density at radius 1 is 1.26 bits per heavy atom. The molecule has 1 aromatic rings. The lowest BCUT2D eigenvalue weighted by Crippen LogP contribution is -2.43. The van der Waals surface area contributed by atoms with Gasteiger partial charge in [0.15, 0.2) is 0 Å². The summed E-state index contributed by atoms with van der Waals surface area (Å²) < 4.78 is 10.7. The maximum Gasteiger partial charge on any atom is 0.302 e. The molecule has 1 aromatic carbocycles. The van der Waals surface area contributed by atoms with E-state index in [0.29, 0.717) is 25.1 Å². The fourth-order valence-corrected chi connectivity index (χ4v) is 3.87. The number of rotatable bonds is 11. The molecule has 0 bridgehead atoms. The van der Waals surface area contributed by atoms with Crippen molar-refractivity contribution in [1.82, 2.24) is 4.90 Å². The molecule has 1 aliphatic rings. The third-order valence-corrected chi connectivity index (χ3v) is 5.42. The van der Waals surface area contributed by atoms with E-state index in [-0.39, 0.29) is 42.4 Å². The average molecular weight is 437 g/mol. The molecule has 1 amide bonds. The molecule has 1 aliphatic carbocycles. The van der Waals surface area contributed by atoms with E-state index < -0.39 is 11.0 Å². The van der Waals surface area contributed by atoms with Crippen LogP contribution < -0.4 is 4.74 Å². The zero-order valence-electron chi connectivity index (χ0n) is 18.2. The second-order valence-electron chi connectivity index (χ2n) is 7.82. The van der Waals surface area contributed by atoms with Crippen molar-refractivity contribution in [3.63, 3.8) is 0 Å². The van der Waals surface area contributed by atoms with Gasteiger partial charge >= 0.3 is 5.97 Å². The summed E-state index contributed by atoms with van der Waals surface area (Å²) in [7, 11) is 0. The van der Waals surface area contributed by atoms with Crippen LogP contribution in [0.1, 0.15) is 70.5 Å². The van der Waals surface area contributed by atoms with Gasteiger partial charge in [0.2, 0.25) is 5.91 Å². The molecule has 9 heteroatoms. The Balaban J connectivity index is 1.88. The highest BCUT2D eigenvalue weighted by atomic mass is 16.6. The summed E-state index contributed by atoms with van der Waals surface area (Å²) in [6, 6.07) is 4.43. The number of amides is 1. The van der Waals surface area contributed by atoms with E-state index in [0.717, 1.165) is 25.7 Å². The number of carbonyl (C=O) groups is 2. The lowest BCUT2D eigenvalue weighted by molar-refractivity contribution is -0.386. The standard InChI is InChI=1S/C22H32N2O7/c1-16(25)20-15-19(10-11-21(20)24(28)29)31-13-6-9-22(27)23(12-14-30-17(2)26)18-7-4-3-5-8-18/h10-11,15-16,18,25H,3-9,12-14H2,1-2H3. The fourth-order valence-electron chi connectivity index (χ4n) is 3.87. The normalized spacial score (nSPS) is 15.2. The number of nitrogens with zero attached hydrogens (tertiary/aromatic N) is 2. The average Bonchev–Trinajstić information content (AvgIpc) is 2.74. The number of nitro benzene ring substituents is 1. The van der Waals surface area contributed by atoms with Crippen molar-refractivity contribution in [1.29, 1.82) is 0 Å². The summed E-state index contributed by atoms with van der Waals surface area (Å²) in [5.41, 5.74) is 0.0287. The number of carbonyl (C=O) groups excluding carboxylic acids is 2. The molecule has 1 N–H and O–H groups in total. The van der Waals surface area contributed by atoms with Crippen LogP contribution in [0.25, 0.3) is 0 Å². The van der Waals surface area contributed by atoms with Crippen molar-refractivity contribution in [3.8, 4) is 5.75 Å². The van der Waals surface area contributed by atoms with Gasteiger partial charge in [-0.05, 0) is 38.3 Å². The zero-order valence-corrected chi connectivity index (χ0v) is 18.2. The number of aliphatic hydroxyl groups is 1. The van der Waals surface area contributed by atoms with Crippen LogP contribution >= 0.6 is 0 Å². The van der Waals surface area contributed by atoms with Gasteiger partial charge in [0.05, 0.1) is 29.7 Å². The highest BCUT2D eigenvalue weighted by Crippen LogP contribution is 2.29. The highest BCUT2D eigenvalue weighted by molar-refractivity contribution is 5.76. The molecule has 0 aliphatic heterocycles. The van der Waals surface area contributed by atoms with Crippen LogP contribution in [0.5, 0.6) is 5.75 Å². The molecule has 31 heavy (non-hydrogen) atoms. The van der Waals surface area contributed by atoms with Crippen molar-refractivity contribution >= 4 is 17.6 Å². The lowest BCUT2D eigenvalue weighted by atomic mass is 9.94. The van der Waals surface area contributed by atoms with E-state index in [9.17, 15) is 24.8 Å². The maximum atomic E-state index is 12.8. The number of benzene rings is 1. The topological polar surface area (TPSA) is 119 Å². The number of nitro groups is 1. The summed E-state index contributed by atoms with van der Waals surface area (Å²) in [5.74, 6) is 0.0630. The molecule has 1 fully saturated rings. The molecule has 1 atom stereocenters. The van der Waals surface area contributed by atoms with Crippen molar-refractivity contribution in [2.45, 2.75) is 70.9 Å². The molecule has 1 unspecified atom stereocenters. The van der Waals surface area contributed by atoms with Crippen molar-refractivity contribution in [2.75, 3.05) is 19.8 Å². The molecule has 1 saturated carbocycles. The van der Waals surface area contributed by atoms with E-state index in [1.54, 1.807) is 0 Å². The Morgan fingerprint density at radius 2 is 1.97 bits per heavy atom. The molecule has 0 heterocycles. The zero-order chi connectivity index (χ0) is 22.8. The summed E-state index contributed by atoms with van der Waals surface area (Å²) in [6.45, 7) is 3.67. The Morgan fingerprint density at radius 3 is 2.58 bits per heavy atom. The fraction of sp³-hybridized carbons (Fsp3) is 0.636. The lowest BCUT2D eigenvalue weighted by Gasteiger charge is -2.34. The van der Waals surface area contributed by atoms with Crippen LogP contribution in [0, 0.1) is 10.1 Å². The summed E-state index contributed by atoms with van der Waals surface area (Å²) in [6.07, 6.45) is 5.09. The number of aliphatic hydroxyl groups excluding tert-OH is 1. The third kappa shape index (κ3) is 7.82. The molecule has 172 valence electrons. The minimum Gasteiger partial charge on any atom is -0.494 e. The summed E-state index contributed by atoms with van der Waals surface area (Å²) in [4.78, 5) is 36.2. The smallest absolute Gasteiger partial charge is 0.302 e. The van der Waals surface area contributed by atoms with Crippen LogP contribution in [-0.2, 0) is 14.3 Å². The minimum absolute atomic E-state index is 0.0102. The first-order valence-corrected chi connectivity index (χ1v) is 10.8. The molecule has 0 aromatic heterocycles. The Bertz CT molecular complexity index is 760. The molecule has 0 spiro atoms. The summed E-state index contributed by atoms with van der Waals surface area (Å²) >= 11 is 0. The SMILES string of the molecule is CC(=O)OCCN(C(=O)CCCOc1ccc([N+](=O)[O-])c(C(C)O)c1)C1CCCCC1. The largest absolute Gasteiger partial charge is 0.494 e. The highest BCUT2D eigenvalue weighted by Gasteiger charge is 2.25. The maximum absolute atomic E-state index is 12.8. The molecule has 2 rings (SSSR count). The predicted octanol–water partition coefficient (Wildman–Crippen LogP) is 3.53. The van der Waals surface area contributed by atoms with Gasteiger partial charge in [-0.2, -0.15) is 0 Å². The minimum atomic E-state index is -0.994. The molecule has 9 nitrogen and oxygen atoms in total. The van der Waals surface area contributed by atoms with Gasteiger partial charge in [-0.15, -0.1) is 0 Å². The molecule has 0 saturated heterocycles. The van der Waals surface area contributed by atoms with E-state index >= 15 is 0 Å².